The van der Waals surface area contributed by atoms with Crippen LogP contribution in [0.1, 0.15) is 62.8 Å². The third-order valence-corrected chi connectivity index (χ3v) is 5.06. The van der Waals surface area contributed by atoms with Gasteiger partial charge in [0.05, 0.1) is 24.9 Å². The molecule has 2 heterocycles. The summed E-state index contributed by atoms with van der Waals surface area (Å²) in [4.78, 5) is 2.36. The van der Waals surface area contributed by atoms with E-state index in [1.165, 1.54) is 38.5 Å². The highest BCUT2D eigenvalue weighted by molar-refractivity contribution is 4.97. The van der Waals surface area contributed by atoms with Crippen molar-refractivity contribution in [1.82, 2.24) is 15.1 Å². The van der Waals surface area contributed by atoms with Gasteiger partial charge in [0.15, 0.2) is 0 Å². The van der Waals surface area contributed by atoms with E-state index >= 15 is 0 Å². The second kappa shape index (κ2) is 8.22. The van der Waals surface area contributed by atoms with Crippen molar-refractivity contribution in [1.29, 1.82) is 0 Å². The molecule has 23 heavy (non-hydrogen) atoms. The molecular formula is C17H29N3O3. The van der Waals surface area contributed by atoms with E-state index in [2.05, 4.69) is 15.1 Å². The highest BCUT2D eigenvalue weighted by Crippen LogP contribution is 2.32. The van der Waals surface area contributed by atoms with Crippen LogP contribution in [0.3, 0.4) is 0 Å². The first-order valence-electron chi connectivity index (χ1n) is 8.94. The summed E-state index contributed by atoms with van der Waals surface area (Å²) in [5.41, 5.74) is 0. The lowest BCUT2D eigenvalue weighted by atomic mass is 10.1. The zero-order valence-electron chi connectivity index (χ0n) is 14.4. The standard InChI is InChI=1S/C17H29N3O3/c1-13-18-19-17(23-13)16-11-15(21-2)12-20(16)9-10-22-14-7-5-3-4-6-8-14/h14-16H,3-12H2,1-2H3/t15-,16+/m0/s1. The monoisotopic (exact) mass is 323 g/mol. The van der Waals surface area contributed by atoms with Gasteiger partial charge in [0.2, 0.25) is 11.8 Å². The predicted molar refractivity (Wildman–Crippen MR) is 86.2 cm³/mol. The van der Waals surface area contributed by atoms with E-state index in [0.29, 0.717) is 17.9 Å². The summed E-state index contributed by atoms with van der Waals surface area (Å²) in [6, 6.07) is 0.152. The zero-order chi connectivity index (χ0) is 16.1. The van der Waals surface area contributed by atoms with Gasteiger partial charge in [0, 0.05) is 27.1 Å². The van der Waals surface area contributed by atoms with Gasteiger partial charge in [-0.15, -0.1) is 10.2 Å². The van der Waals surface area contributed by atoms with Gasteiger partial charge < -0.3 is 13.9 Å². The number of hydrogen-bond acceptors (Lipinski definition) is 6. The molecule has 2 aliphatic rings. The highest BCUT2D eigenvalue weighted by atomic mass is 16.5. The summed E-state index contributed by atoms with van der Waals surface area (Å²) in [5.74, 6) is 1.33. The number of nitrogens with zero attached hydrogens (tertiary/aromatic N) is 3. The number of aryl methyl sites for hydroxylation is 1. The van der Waals surface area contributed by atoms with Crippen LogP contribution < -0.4 is 0 Å². The van der Waals surface area contributed by atoms with Gasteiger partial charge in [-0.25, -0.2) is 0 Å². The largest absolute Gasteiger partial charge is 0.424 e. The van der Waals surface area contributed by atoms with E-state index in [-0.39, 0.29) is 12.1 Å². The van der Waals surface area contributed by atoms with Crippen molar-refractivity contribution in [3.63, 3.8) is 0 Å². The minimum atomic E-state index is 0.152. The van der Waals surface area contributed by atoms with Crippen molar-refractivity contribution in [2.24, 2.45) is 0 Å². The number of likely N-dealkylation sites (tertiary alicyclic amines) is 1. The number of methoxy groups -OCH3 is 1. The molecule has 3 rings (SSSR count). The molecule has 1 aliphatic carbocycles. The molecule has 1 aromatic rings. The van der Waals surface area contributed by atoms with Crippen molar-refractivity contribution in [3.8, 4) is 0 Å². The number of aromatic nitrogens is 2. The second-order valence-corrected chi connectivity index (χ2v) is 6.75. The Morgan fingerprint density at radius 1 is 1.13 bits per heavy atom. The smallest absolute Gasteiger partial charge is 0.233 e. The van der Waals surface area contributed by atoms with Crippen LogP contribution in [0.5, 0.6) is 0 Å². The van der Waals surface area contributed by atoms with Gasteiger partial charge >= 0.3 is 0 Å². The van der Waals surface area contributed by atoms with Crippen LogP contribution in [0, 0.1) is 6.92 Å². The third kappa shape index (κ3) is 4.52. The molecule has 1 saturated heterocycles. The first-order chi connectivity index (χ1) is 11.3. The Labute approximate surface area is 138 Å². The fourth-order valence-electron chi connectivity index (χ4n) is 3.73. The molecule has 0 bridgehead atoms. The lowest BCUT2D eigenvalue weighted by Crippen LogP contribution is -2.30. The molecule has 1 saturated carbocycles. The van der Waals surface area contributed by atoms with Crippen LogP contribution in [0.4, 0.5) is 0 Å². The zero-order valence-corrected chi connectivity index (χ0v) is 14.4. The topological polar surface area (TPSA) is 60.6 Å². The van der Waals surface area contributed by atoms with Crippen LogP contribution in [-0.2, 0) is 9.47 Å². The minimum absolute atomic E-state index is 0.152. The maximum Gasteiger partial charge on any atom is 0.233 e. The van der Waals surface area contributed by atoms with Crippen LogP contribution in [0.2, 0.25) is 0 Å². The molecule has 2 fully saturated rings. The number of rotatable bonds is 6. The summed E-state index contributed by atoms with van der Waals surface area (Å²) in [6.07, 6.45) is 9.35. The maximum atomic E-state index is 6.13. The Morgan fingerprint density at radius 3 is 2.57 bits per heavy atom. The molecule has 6 heteroatoms. The quantitative estimate of drug-likeness (QED) is 0.750. The average Bonchev–Trinajstić information content (AvgIpc) is 3.06. The SMILES string of the molecule is CO[C@H]1C[C@H](c2nnc(C)o2)N(CCOC2CCCCCC2)C1. The van der Waals surface area contributed by atoms with Crippen LogP contribution in [0.15, 0.2) is 4.42 Å². The van der Waals surface area contributed by atoms with Gasteiger partial charge in [-0.1, -0.05) is 25.7 Å². The Morgan fingerprint density at radius 2 is 1.91 bits per heavy atom. The molecule has 0 N–H and O–H groups in total. The van der Waals surface area contributed by atoms with E-state index in [1.807, 2.05) is 6.92 Å². The fraction of sp³-hybridized carbons (Fsp3) is 0.882. The molecular weight excluding hydrogens is 294 g/mol. The highest BCUT2D eigenvalue weighted by Gasteiger charge is 2.36. The lowest BCUT2D eigenvalue weighted by Gasteiger charge is -2.23. The van der Waals surface area contributed by atoms with E-state index in [0.717, 1.165) is 26.1 Å². The molecule has 2 atom stereocenters. The van der Waals surface area contributed by atoms with Crippen molar-refractivity contribution in [2.45, 2.75) is 70.1 Å². The normalized spacial score (nSPS) is 27.4. The van der Waals surface area contributed by atoms with Gasteiger partial charge in [0.25, 0.3) is 0 Å². The van der Waals surface area contributed by atoms with Crippen LogP contribution in [0.25, 0.3) is 0 Å². The van der Waals surface area contributed by atoms with Crippen molar-refractivity contribution in [2.75, 3.05) is 26.8 Å². The molecule has 0 radical (unpaired) electrons. The molecule has 0 amide bonds. The van der Waals surface area contributed by atoms with Crippen LogP contribution >= 0.6 is 0 Å². The molecule has 6 nitrogen and oxygen atoms in total. The number of ether oxygens (including phenoxy) is 2. The molecule has 130 valence electrons. The van der Waals surface area contributed by atoms with Crippen LogP contribution in [-0.4, -0.2) is 54.1 Å². The van der Waals surface area contributed by atoms with E-state index in [4.69, 9.17) is 13.9 Å². The Balaban J connectivity index is 1.52. The Kier molecular flexibility index (Phi) is 6.02. The Bertz CT molecular complexity index is 471. The predicted octanol–water partition coefficient (Wildman–Crippen LogP) is 2.88. The van der Waals surface area contributed by atoms with E-state index in [1.54, 1.807) is 7.11 Å². The maximum absolute atomic E-state index is 6.13. The molecule has 0 spiro atoms. The Hall–Kier alpha value is -0.980. The summed E-state index contributed by atoms with van der Waals surface area (Å²) in [5, 5.41) is 8.17. The van der Waals surface area contributed by atoms with E-state index in [9.17, 15) is 0 Å². The molecule has 1 aliphatic heterocycles. The van der Waals surface area contributed by atoms with Crippen molar-refractivity contribution < 1.29 is 13.9 Å². The third-order valence-electron chi connectivity index (χ3n) is 5.06. The van der Waals surface area contributed by atoms with Crippen molar-refractivity contribution >= 4 is 0 Å². The lowest BCUT2D eigenvalue weighted by molar-refractivity contribution is 0.0233. The van der Waals surface area contributed by atoms with Gasteiger partial charge in [-0.3, -0.25) is 4.90 Å². The van der Waals surface area contributed by atoms with Gasteiger partial charge in [-0.2, -0.15) is 0 Å². The summed E-state index contributed by atoms with van der Waals surface area (Å²) in [6.45, 7) is 4.39. The summed E-state index contributed by atoms with van der Waals surface area (Å²) >= 11 is 0. The molecule has 0 aromatic carbocycles. The van der Waals surface area contributed by atoms with Gasteiger partial charge in [-0.05, 0) is 19.3 Å². The van der Waals surface area contributed by atoms with E-state index < -0.39 is 0 Å². The second-order valence-electron chi connectivity index (χ2n) is 6.75. The number of hydrogen-bond donors (Lipinski definition) is 0. The fourth-order valence-corrected chi connectivity index (χ4v) is 3.73. The average molecular weight is 323 g/mol. The van der Waals surface area contributed by atoms with Crippen molar-refractivity contribution in [3.05, 3.63) is 11.8 Å². The summed E-state index contributed by atoms with van der Waals surface area (Å²) in [7, 11) is 1.77. The molecule has 0 unspecified atom stereocenters. The summed E-state index contributed by atoms with van der Waals surface area (Å²) < 4.78 is 17.3. The first-order valence-corrected chi connectivity index (χ1v) is 8.94. The van der Waals surface area contributed by atoms with Gasteiger partial charge in [0.1, 0.15) is 0 Å². The first kappa shape index (κ1) is 16.9. The molecule has 1 aromatic heterocycles. The minimum Gasteiger partial charge on any atom is -0.424 e.